The molecule has 0 atom stereocenters. The van der Waals surface area contributed by atoms with Gasteiger partial charge in [-0.3, -0.25) is 0 Å². The molecule has 1 heterocycles. The number of nitrogens with zero attached hydrogens (tertiary/aromatic N) is 3. The number of hydrogen-bond donors (Lipinski definition) is 1. The summed E-state index contributed by atoms with van der Waals surface area (Å²) < 4.78 is 2.42. The summed E-state index contributed by atoms with van der Waals surface area (Å²) in [6.45, 7) is 0.668. The highest BCUT2D eigenvalue weighted by Crippen LogP contribution is 2.33. The van der Waals surface area contributed by atoms with Crippen molar-refractivity contribution in [3.8, 4) is 0 Å². The lowest BCUT2D eigenvalue weighted by Crippen LogP contribution is -2.17. The monoisotopic (exact) mass is 366 g/mol. The quantitative estimate of drug-likeness (QED) is 0.649. The third kappa shape index (κ3) is 3.64. The van der Waals surface area contributed by atoms with Gasteiger partial charge in [-0.1, -0.05) is 73.5 Å². The first-order chi connectivity index (χ1) is 12.9. The highest BCUT2D eigenvalue weighted by molar-refractivity contribution is 7.99. The summed E-state index contributed by atoms with van der Waals surface area (Å²) in [5.41, 5.74) is 7.04. The molecule has 136 valence electrons. The van der Waals surface area contributed by atoms with E-state index in [9.17, 15) is 0 Å². The van der Waals surface area contributed by atoms with Crippen molar-refractivity contribution in [3.05, 3.63) is 53.9 Å². The largest absolute Gasteiger partial charge is 0.330 e. The molecule has 1 aromatic heterocycles. The van der Waals surface area contributed by atoms with E-state index >= 15 is 0 Å². The number of fused-ring (bicyclic) bond motifs is 1. The lowest BCUT2D eigenvalue weighted by molar-refractivity contribution is 0.330. The molecule has 26 heavy (non-hydrogen) atoms. The van der Waals surface area contributed by atoms with Gasteiger partial charge in [0.05, 0.1) is 0 Å². The van der Waals surface area contributed by atoms with Crippen LogP contribution in [0.5, 0.6) is 0 Å². The van der Waals surface area contributed by atoms with Crippen LogP contribution in [0.15, 0.2) is 47.6 Å². The van der Waals surface area contributed by atoms with Gasteiger partial charge >= 0.3 is 0 Å². The second kappa shape index (κ2) is 8.23. The smallest absolute Gasteiger partial charge is 0.191 e. The number of thioether (sulfide) groups is 1. The Balaban J connectivity index is 1.70. The molecule has 1 fully saturated rings. The molecule has 1 saturated carbocycles. The van der Waals surface area contributed by atoms with Crippen LogP contribution >= 0.6 is 11.8 Å². The molecule has 2 aromatic carbocycles. The van der Waals surface area contributed by atoms with Crippen LogP contribution in [0.2, 0.25) is 0 Å². The van der Waals surface area contributed by atoms with Crippen molar-refractivity contribution >= 4 is 22.5 Å². The van der Waals surface area contributed by atoms with Crippen LogP contribution in [0, 0.1) is 0 Å². The molecule has 5 heteroatoms. The van der Waals surface area contributed by atoms with Gasteiger partial charge in [0, 0.05) is 24.8 Å². The average Bonchev–Trinajstić information content (AvgIpc) is 3.10. The van der Waals surface area contributed by atoms with E-state index in [1.807, 2.05) is 0 Å². The third-order valence-corrected chi connectivity index (χ3v) is 6.23. The Kier molecular flexibility index (Phi) is 5.56. The number of benzene rings is 2. The predicted molar refractivity (Wildman–Crippen MR) is 109 cm³/mol. The van der Waals surface area contributed by atoms with Crippen molar-refractivity contribution < 1.29 is 0 Å². The van der Waals surface area contributed by atoms with Crippen molar-refractivity contribution in [2.75, 3.05) is 12.3 Å². The lowest BCUT2D eigenvalue weighted by atomic mass is 9.95. The van der Waals surface area contributed by atoms with E-state index in [1.165, 1.54) is 48.4 Å². The van der Waals surface area contributed by atoms with Crippen LogP contribution in [0.1, 0.15) is 49.5 Å². The highest BCUT2D eigenvalue weighted by Gasteiger charge is 2.23. The summed E-state index contributed by atoms with van der Waals surface area (Å²) in [7, 11) is 0. The van der Waals surface area contributed by atoms with E-state index in [-0.39, 0.29) is 0 Å². The minimum absolute atomic E-state index is 0.531. The summed E-state index contributed by atoms with van der Waals surface area (Å²) >= 11 is 1.74. The topological polar surface area (TPSA) is 56.7 Å². The molecular weight excluding hydrogens is 340 g/mol. The Morgan fingerprint density at radius 1 is 1.00 bits per heavy atom. The predicted octanol–water partition coefficient (Wildman–Crippen LogP) is 4.58. The molecular formula is C21H26N4S. The van der Waals surface area contributed by atoms with E-state index in [1.54, 1.807) is 11.8 Å². The van der Waals surface area contributed by atoms with E-state index in [0.29, 0.717) is 12.6 Å². The molecule has 3 aromatic rings. The van der Waals surface area contributed by atoms with Crippen LogP contribution in [0.3, 0.4) is 0 Å². The first kappa shape index (κ1) is 17.6. The molecule has 4 rings (SSSR count). The zero-order valence-corrected chi connectivity index (χ0v) is 15.9. The molecule has 1 aliphatic rings. The van der Waals surface area contributed by atoms with Crippen molar-refractivity contribution in [3.63, 3.8) is 0 Å². The van der Waals surface area contributed by atoms with Crippen molar-refractivity contribution in [2.45, 2.75) is 49.7 Å². The fraction of sp³-hybridized carbons (Fsp3) is 0.429. The zero-order valence-electron chi connectivity index (χ0n) is 15.1. The van der Waals surface area contributed by atoms with Crippen LogP contribution in [-0.2, 0) is 6.42 Å². The standard InChI is InChI=1S/C21H26N4S/c22-13-14-26-21-24-23-20(25(21)18-10-2-1-3-11-18)15-17-9-6-8-16-7-4-5-12-19(16)17/h4-9,12,18H,1-3,10-11,13-15,22H2. The van der Waals surface area contributed by atoms with E-state index in [2.05, 4.69) is 57.2 Å². The number of rotatable bonds is 6. The molecule has 2 N–H and O–H groups in total. The van der Waals surface area contributed by atoms with E-state index < -0.39 is 0 Å². The van der Waals surface area contributed by atoms with Gasteiger partial charge in [0.1, 0.15) is 5.82 Å². The van der Waals surface area contributed by atoms with Gasteiger partial charge in [-0.25, -0.2) is 0 Å². The maximum absolute atomic E-state index is 5.72. The number of aromatic nitrogens is 3. The van der Waals surface area contributed by atoms with Crippen molar-refractivity contribution in [1.29, 1.82) is 0 Å². The summed E-state index contributed by atoms with van der Waals surface area (Å²) in [6.07, 6.45) is 7.25. The van der Waals surface area contributed by atoms with E-state index in [4.69, 9.17) is 5.73 Å². The van der Waals surface area contributed by atoms with Gasteiger partial charge < -0.3 is 10.3 Å². The second-order valence-electron chi connectivity index (χ2n) is 7.01. The highest BCUT2D eigenvalue weighted by atomic mass is 32.2. The Labute approximate surface area is 159 Å². The van der Waals surface area contributed by atoms with Crippen LogP contribution in [0.25, 0.3) is 10.8 Å². The van der Waals surface area contributed by atoms with Gasteiger partial charge in [0.2, 0.25) is 0 Å². The van der Waals surface area contributed by atoms with Gasteiger partial charge in [-0.15, -0.1) is 10.2 Å². The maximum Gasteiger partial charge on any atom is 0.191 e. The Hall–Kier alpha value is -1.85. The second-order valence-corrected chi connectivity index (χ2v) is 8.07. The minimum Gasteiger partial charge on any atom is -0.330 e. The normalized spacial score (nSPS) is 15.6. The fourth-order valence-corrected chi connectivity index (χ4v) is 4.79. The van der Waals surface area contributed by atoms with Gasteiger partial charge in [0.25, 0.3) is 0 Å². The van der Waals surface area contributed by atoms with E-state index in [0.717, 1.165) is 23.2 Å². The van der Waals surface area contributed by atoms with Gasteiger partial charge in [0.15, 0.2) is 5.16 Å². The summed E-state index contributed by atoms with van der Waals surface area (Å²) in [4.78, 5) is 0. The maximum atomic E-state index is 5.72. The van der Waals surface area contributed by atoms with Gasteiger partial charge in [-0.05, 0) is 29.2 Å². The average molecular weight is 367 g/mol. The zero-order chi connectivity index (χ0) is 17.8. The molecule has 0 unspecified atom stereocenters. The molecule has 0 aliphatic heterocycles. The molecule has 0 spiro atoms. The number of nitrogens with two attached hydrogens (primary N) is 1. The molecule has 0 bridgehead atoms. The fourth-order valence-electron chi connectivity index (χ4n) is 4.00. The van der Waals surface area contributed by atoms with Crippen LogP contribution in [0.4, 0.5) is 0 Å². The van der Waals surface area contributed by atoms with Crippen molar-refractivity contribution in [1.82, 2.24) is 14.8 Å². The minimum atomic E-state index is 0.531. The Morgan fingerprint density at radius 2 is 1.81 bits per heavy atom. The molecule has 0 saturated heterocycles. The van der Waals surface area contributed by atoms with Crippen LogP contribution < -0.4 is 5.73 Å². The third-order valence-electron chi connectivity index (χ3n) is 5.25. The molecule has 0 amide bonds. The molecule has 4 nitrogen and oxygen atoms in total. The summed E-state index contributed by atoms with van der Waals surface area (Å²) in [5, 5.41) is 12.8. The number of hydrogen-bond acceptors (Lipinski definition) is 4. The Morgan fingerprint density at radius 3 is 2.65 bits per heavy atom. The first-order valence-electron chi connectivity index (χ1n) is 9.60. The van der Waals surface area contributed by atoms with Gasteiger partial charge in [-0.2, -0.15) is 0 Å². The summed E-state index contributed by atoms with van der Waals surface area (Å²) in [6, 6.07) is 15.6. The summed E-state index contributed by atoms with van der Waals surface area (Å²) in [5.74, 6) is 1.98. The molecule has 0 radical (unpaired) electrons. The Bertz CT molecular complexity index is 862. The van der Waals surface area contributed by atoms with Crippen LogP contribution in [-0.4, -0.2) is 27.1 Å². The molecule has 1 aliphatic carbocycles. The lowest BCUT2D eigenvalue weighted by Gasteiger charge is -2.25. The van der Waals surface area contributed by atoms with Crippen molar-refractivity contribution in [2.24, 2.45) is 5.73 Å². The first-order valence-corrected chi connectivity index (χ1v) is 10.6. The SMILES string of the molecule is NCCSc1nnc(Cc2cccc3ccccc23)n1C1CCCCC1.